The first kappa shape index (κ1) is 14.6. The summed E-state index contributed by atoms with van der Waals surface area (Å²) in [6.45, 7) is 4.62. The minimum atomic E-state index is -0.316. The predicted molar refractivity (Wildman–Crippen MR) is 66.1 cm³/mol. The van der Waals surface area contributed by atoms with Crippen LogP contribution >= 0.6 is 0 Å². The molecule has 3 heteroatoms. The Labute approximate surface area is 97.6 Å². The highest BCUT2D eigenvalue weighted by atomic mass is 16.5. The molecule has 0 aromatic heterocycles. The van der Waals surface area contributed by atoms with Crippen molar-refractivity contribution in [1.82, 2.24) is 0 Å². The van der Waals surface area contributed by atoms with Crippen molar-refractivity contribution >= 4 is 5.97 Å². The summed E-state index contributed by atoms with van der Waals surface area (Å²) in [4.78, 5) is 10.3. The fourth-order valence-corrected chi connectivity index (χ4v) is 0.924. The van der Waals surface area contributed by atoms with Crippen LogP contribution in [0.5, 0.6) is 0 Å². The van der Waals surface area contributed by atoms with Gasteiger partial charge in [0.1, 0.15) is 0 Å². The molecule has 0 spiro atoms. The normalized spacial score (nSPS) is 8.94. The molecule has 1 aromatic carbocycles. The number of nitrogens with two attached hydrogens (primary N) is 1. The van der Waals surface area contributed by atoms with Crippen LogP contribution in [0.3, 0.4) is 0 Å². The first-order valence-electron chi connectivity index (χ1n) is 5.58. The van der Waals surface area contributed by atoms with E-state index in [9.17, 15) is 4.79 Å². The van der Waals surface area contributed by atoms with E-state index in [1.165, 1.54) is 5.56 Å². The Morgan fingerprint density at radius 1 is 1.31 bits per heavy atom. The number of carbonyl (C=O) groups is 1. The average molecular weight is 223 g/mol. The molecule has 3 nitrogen and oxygen atoms in total. The summed E-state index contributed by atoms with van der Waals surface area (Å²) in [5.41, 5.74) is 6.30. The van der Waals surface area contributed by atoms with Crippen molar-refractivity contribution < 1.29 is 9.53 Å². The van der Waals surface area contributed by atoms with E-state index in [2.05, 4.69) is 23.8 Å². The molecule has 0 atom stereocenters. The summed E-state index contributed by atoms with van der Waals surface area (Å²) in [7, 11) is 0. The maximum atomic E-state index is 10.3. The lowest BCUT2D eigenvalue weighted by molar-refractivity contribution is -0.141. The maximum Gasteiger partial charge on any atom is 0.319 e. The largest absolute Gasteiger partial charge is 0.465 e. The summed E-state index contributed by atoms with van der Waals surface area (Å²) in [5.74, 6) is -0.316. The van der Waals surface area contributed by atoms with Crippen molar-refractivity contribution in [3.63, 3.8) is 0 Å². The minimum Gasteiger partial charge on any atom is -0.465 e. The lowest BCUT2D eigenvalue weighted by Gasteiger charge is -1.99. The topological polar surface area (TPSA) is 52.3 Å². The highest BCUT2D eigenvalue weighted by Gasteiger charge is 1.94. The third-order valence-electron chi connectivity index (χ3n) is 1.87. The Hall–Kier alpha value is -1.35. The zero-order valence-electron chi connectivity index (χ0n) is 10.1. The molecular weight excluding hydrogens is 202 g/mol. The van der Waals surface area contributed by atoms with Gasteiger partial charge < -0.3 is 10.5 Å². The molecule has 2 N–H and O–H groups in total. The summed E-state index contributed by atoms with van der Waals surface area (Å²) in [6.07, 6.45) is 1.96. The number of aryl methyl sites for hydroxylation is 1. The first-order valence-corrected chi connectivity index (χ1v) is 5.58. The molecule has 0 radical (unpaired) electrons. The number of esters is 1. The van der Waals surface area contributed by atoms with Crippen molar-refractivity contribution in [3.8, 4) is 0 Å². The number of carbonyl (C=O) groups excluding carboxylic acids is 1. The van der Waals surface area contributed by atoms with Crippen LogP contribution < -0.4 is 5.73 Å². The van der Waals surface area contributed by atoms with Crippen molar-refractivity contribution in [2.24, 2.45) is 5.73 Å². The molecule has 0 aliphatic carbocycles. The molecule has 1 rings (SSSR count). The molecule has 16 heavy (non-hydrogen) atoms. The van der Waals surface area contributed by atoms with Crippen molar-refractivity contribution in [3.05, 3.63) is 35.9 Å². The van der Waals surface area contributed by atoms with Crippen LogP contribution in [0.4, 0.5) is 0 Å². The van der Waals surface area contributed by atoms with Crippen molar-refractivity contribution in [2.75, 3.05) is 13.2 Å². The van der Waals surface area contributed by atoms with Crippen LogP contribution in [-0.2, 0) is 9.53 Å². The lowest BCUT2D eigenvalue weighted by atomic mass is 10.2. The fourth-order valence-electron chi connectivity index (χ4n) is 0.924. The number of ether oxygens (including phenoxy) is 1. The third-order valence-corrected chi connectivity index (χ3v) is 1.87. The molecule has 0 fully saturated rings. The number of benzene rings is 1. The highest BCUT2D eigenvalue weighted by molar-refractivity contribution is 5.71. The quantitative estimate of drug-likeness (QED) is 0.629. The highest BCUT2D eigenvalue weighted by Crippen LogP contribution is 1.92. The van der Waals surface area contributed by atoms with Crippen LogP contribution in [-0.4, -0.2) is 19.1 Å². The minimum absolute atomic E-state index is 0.0102. The number of unbranched alkanes of at least 4 members (excludes halogenated alkanes) is 1. The van der Waals surface area contributed by atoms with Crippen LogP contribution in [0, 0.1) is 6.92 Å². The second-order valence-corrected chi connectivity index (χ2v) is 3.43. The predicted octanol–water partition coefficient (Wildman–Crippen LogP) is 2.28. The molecular formula is C13H21NO2. The second kappa shape index (κ2) is 10.2. The van der Waals surface area contributed by atoms with Crippen LogP contribution in [0.25, 0.3) is 0 Å². The molecule has 1 aromatic rings. The Morgan fingerprint density at radius 3 is 2.31 bits per heavy atom. The number of rotatable bonds is 4. The van der Waals surface area contributed by atoms with Gasteiger partial charge >= 0.3 is 5.97 Å². The fraction of sp³-hybridized carbons (Fsp3) is 0.462. The number of hydrogen-bond acceptors (Lipinski definition) is 3. The van der Waals surface area contributed by atoms with E-state index in [4.69, 9.17) is 5.73 Å². The van der Waals surface area contributed by atoms with E-state index in [1.807, 2.05) is 25.1 Å². The van der Waals surface area contributed by atoms with E-state index in [-0.39, 0.29) is 12.5 Å². The van der Waals surface area contributed by atoms with Gasteiger partial charge in [0.15, 0.2) is 0 Å². The Balaban J connectivity index is 0.000000288. The van der Waals surface area contributed by atoms with Gasteiger partial charge in [-0.3, -0.25) is 4.79 Å². The summed E-state index contributed by atoms with van der Waals surface area (Å²) in [6, 6.07) is 10.3. The summed E-state index contributed by atoms with van der Waals surface area (Å²) in [5, 5.41) is 0. The van der Waals surface area contributed by atoms with Gasteiger partial charge in [0.2, 0.25) is 0 Å². The van der Waals surface area contributed by atoms with Gasteiger partial charge in [0.25, 0.3) is 0 Å². The van der Waals surface area contributed by atoms with Gasteiger partial charge in [0, 0.05) is 0 Å². The van der Waals surface area contributed by atoms with E-state index in [0.717, 1.165) is 12.8 Å². The van der Waals surface area contributed by atoms with Crippen LogP contribution in [0.2, 0.25) is 0 Å². The first-order chi connectivity index (χ1) is 7.70. The van der Waals surface area contributed by atoms with E-state index in [1.54, 1.807) is 0 Å². The van der Waals surface area contributed by atoms with E-state index >= 15 is 0 Å². The standard InChI is InChI=1S/C7H8.C6H13NO2/c1-7-5-3-2-4-6-7;1-2-3-4-9-6(8)5-7/h2-6H,1H3;2-5,7H2,1H3. The zero-order valence-corrected chi connectivity index (χ0v) is 10.1. The van der Waals surface area contributed by atoms with Gasteiger partial charge in [-0.25, -0.2) is 0 Å². The zero-order chi connectivity index (χ0) is 12.2. The van der Waals surface area contributed by atoms with Crippen LogP contribution in [0.1, 0.15) is 25.3 Å². The molecule has 0 amide bonds. The van der Waals surface area contributed by atoms with Gasteiger partial charge in [-0.15, -0.1) is 0 Å². The Bertz CT molecular complexity index is 273. The molecule has 0 bridgehead atoms. The van der Waals surface area contributed by atoms with Gasteiger partial charge in [-0.1, -0.05) is 49.2 Å². The molecule has 0 saturated carbocycles. The molecule has 0 heterocycles. The third kappa shape index (κ3) is 9.21. The van der Waals surface area contributed by atoms with Gasteiger partial charge in [0.05, 0.1) is 13.2 Å². The average Bonchev–Trinajstić information content (AvgIpc) is 2.31. The monoisotopic (exact) mass is 223 g/mol. The molecule has 0 aliphatic heterocycles. The van der Waals surface area contributed by atoms with Gasteiger partial charge in [-0.05, 0) is 13.3 Å². The van der Waals surface area contributed by atoms with E-state index < -0.39 is 0 Å². The van der Waals surface area contributed by atoms with Crippen molar-refractivity contribution in [1.29, 1.82) is 0 Å². The Kier molecular flexibility index (Phi) is 9.32. The molecule has 90 valence electrons. The van der Waals surface area contributed by atoms with Crippen LogP contribution in [0.15, 0.2) is 30.3 Å². The lowest BCUT2D eigenvalue weighted by Crippen LogP contribution is -2.17. The summed E-state index contributed by atoms with van der Waals surface area (Å²) >= 11 is 0. The number of hydrogen-bond donors (Lipinski definition) is 1. The Morgan fingerprint density at radius 2 is 1.94 bits per heavy atom. The molecule has 0 unspecified atom stereocenters. The maximum absolute atomic E-state index is 10.3. The van der Waals surface area contributed by atoms with Gasteiger partial charge in [-0.2, -0.15) is 0 Å². The van der Waals surface area contributed by atoms with Crippen molar-refractivity contribution in [2.45, 2.75) is 26.7 Å². The second-order valence-electron chi connectivity index (χ2n) is 3.43. The summed E-state index contributed by atoms with van der Waals surface area (Å²) < 4.78 is 4.67. The molecule has 0 saturated heterocycles. The molecule has 0 aliphatic rings. The smallest absolute Gasteiger partial charge is 0.319 e. The van der Waals surface area contributed by atoms with E-state index in [0.29, 0.717) is 6.61 Å². The SMILES string of the molecule is CCCCOC(=O)CN.Cc1ccccc1.